The number of ether oxygens (including phenoxy) is 2. The maximum absolute atomic E-state index is 12.6. The van der Waals surface area contributed by atoms with Crippen molar-refractivity contribution >= 4 is 43.6 Å². The van der Waals surface area contributed by atoms with Crippen LogP contribution in [0.3, 0.4) is 0 Å². The molecule has 132 valence electrons. The van der Waals surface area contributed by atoms with Crippen LogP contribution in [-0.4, -0.2) is 24.6 Å². The number of carbonyl (C=O) groups is 1. The summed E-state index contributed by atoms with van der Waals surface area (Å²) in [5.74, 6) is 1.13. The highest BCUT2D eigenvalue weighted by Gasteiger charge is 2.17. The topological polar surface area (TPSA) is 73.6 Å². The molecule has 0 aliphatic rings. The van der Waals surface area contributed by atoms with Crippen LogP contribution < -0.4 is 14.8 Å². The highest BCUT2D eigenvalue weighted by atomic mass is 32.1. The molecule has 0 saturated heterocycles. The minimum atomic E-state index is -0.361. The molecule has 2 aromatic heterocycles. The monoisotopic (exact) mass is 368 g/mol. The van der Waals surface area contributed by atoms with Gasteiger partial charge in [-0.05, 0) is 31.2 Å². The van der Waals surface area contributed by atoms with Crippen molar-refractivity contribution in [1.82, 2.24) is 4.98 Å². The van der Waals surface area contributed by atoms with Crippen molar-refractivity contribution in [3.8, 4) is 11.5 Å². The van der Waals surface area contributed by atoms with E-state index in [1.807, 2.05) is 37.3 Å². The summed E-state index contributed by atoms with van der Waals surface area (Å²) in [6.45, 7) is 2.48. The Morgan fingerprint density at radius 2 is 2.04 bits per heavy atom. The highest BCUT2D eigenvalue weighted by molar-refractivity contribution is 7.22. The van der Waals surface area contributed by atoms with Gasteiger partial charge in [0.05, 0.1) is 18.4 Å². The summed E-state index contributed by atoms with van der Waals surface area (Å²) < 4.78 is 17.5. The lowest BCUT2D eigenvalue weighted by Crippen LogP contribution is -2.10. The Bertz CT molecular complexity index is 1100. The first-order valence-electron chi connectivity index (χ1n) is 8.10. The molecular weight excluding hydrogens is 352 g/mol. The molecule has 0 unspecified atom stereocenters. The highest BCUT2D eigenvalue weighted by Crippen LogP contribution is 2.33. The van der Waals surface area contributed by atoms with Crippen molar-refractivity contribution in [3.05, 3.63) is 48.2 Å². The summed E-state index contributed by atoms with van der Waals surface area (Å²) in [5.41, 5.74) is 1.28. The lowest BCUT2D eigenvalue weighted by atomic mass is 10.2. The molecule has 1 N–H and O–H groups in total. The van der Waals surface area contributed by atoms with E-state index in [2.05, 4.69) is 10.3 Å². The molecule has 0 bridgehead atoms. The predicted octanol–water partition coefficient (Wildman–Crippen LogP) is 4.70. The Hall–Kier alpha value is -3.06. The molecule has 0 aliphatic heterocycles. The molecule has 1 amide bonds. The van der Waals surface area contributed by atoms with Crippen LogP contribution in [-0.2, 0) is 0 Å². The number of furan rings is 1. The molecule has 4 rings (SSSR count). The number of methoxy groups -OCH3 is 1. The van der Waals surface area contributed by atoms with E-state index in [1.165, 1.54) is 11.3 Å². The molecule has 26 heavy (non-hydrogen) atoms. The first-order valence-corrected chi connectivity index (χ1v) is 8.91. The Balaban J connectivity index is 1.64. The maximum Gasteiger partial charge on any atom is 0.293 e. The molecule has 6 nitrogen and oxygen atoms in total. The first-order chi connectivity index (χ1) is 12.7. The zero-order valence-corrected chi connectivity index (χ0v) is 15.1. The number of para-hydroxylation sites is 2. The van der Waals surface area contributed by atoms with Gasteiger partial charge in [0, 0.05) is 5.39 Å². The smallest absolute Gasteiger partial charge is 0.293 e. The molecule has 0 atom stereocenters. The van der Waals surface area contributed by atoms with E-state index in [1.54, 1.807) is 19.2 Å². The van der Waals surface area contributed by atoms with Crippen molar-refractivity contribution in [2.75, 3.05) is 19.0 Å². The van der Waals surface area contributed by atoms with Gasteiger partial charge >= 0.3 is 0 Å². The summed E-state index contributed by atoms with van der Waals surface area (Å²) in [6, 6.07) is 12.9. The second kappa shape index (κ2) is 6.68. The minimum absolute atomic E-state index is 0.203. The number of hydrogen-bond acceptors (Lipinski definition) is 6. The number of thiazole rings is 1. The number of benzene rings is 2. The van der Waals surface area contributed by atoms with Gasteiger partial charge in [-0.15, -0.1) is 0 Å². The van der Waals surface area contributed by atoms with Gasteiger partial charge < -0.3 is 13.9 Å². The van der Waals surface area contributed by atoms with Crippen molar-refractivity contribution in [1.29, 1.82) is 0 Å². The SMILES string of the molecule is CCOc1cccc2sc(NC(=O)c3cc4cccc(OC)c4o3)nc12. The largest absolute Gasteiger partial charge is 0.493 e. The van der Waals surface area contributed by atoms with Crippen LogP contribution in [0.2, 0.25) is 0 Å². The van der Waals surface area contributed by atoms with E-state index in [4.69, 9.17) is 13.9 Å². The third-order valence-corrected chi connectivity index (χ3v) is 4.79. The number of anilines is 1. The first kappa shape index (κ1) is 16.4. The van der Waals surface area contributed by atoms with Gasteiger partial charge in [0.25, 0.3) is 5.91 Å². The van der Waals surface area contributed by atoms with Gasteiger partial charge in [0.15, 0.2) is 22.2 Å². The maximum atomic E-state index is 12.6. The molecule has 2 aromatic carbocycles. The molecule has 4 aromatic rings. The Morgan fingerprint density at radius 1 is 1.23 bits per heavy atom. The molecule has 0 radical (unpaired) electrons. The molecule has 7 heteroatoms. The summed E-state index contributed by atoms with van der Waals surface area (Å²) in [7, 11) is 1.56. The van der Waals surface area contributed by atoms with Crippen LogP contribution in [0, 0.1) is 0 Å². The van der Waals surface area contributed by atoms with E-state index in [0.717, 1.165) is 15.6 Å². The van der Waals surface area contributed by atoms with Gasteiger partial charge in [-0.2, -0.15) is 0 Å². The number of nitrogens with zero attached hydrogens (tertiary/aromatic N) is 1. The van der Waals surface area contributed by atoms with E-state index in [9.17, 15) is 4.79 Å². The van der Waals surface area contributed by atoms with Gasteiger partial charge in [-0.3, -0.25) is 10.1 Å². The number of rotatable bonds is 5. The van der Waals surface area contributed by atoms with Gasteiger partial charge in [-0.25, -0.2) is 4.98 Å². The van der Waals surface area contributed by atoms with Crippen LogP contribution in [0.4, 0.5) is 5.13 Å². The number of amides is 1. The van der Waals surface area contributed by atoms with Crippen molar-refractivity contribution in [3.63, 3.8) is 0 Å². The standard InChI is InChI=1S/C19H16N2O4S/c1-3-24-12-7-5-9-15-16(12)20-19(26-15)21-18(22)14-10-11-6-4-8-13(23-2)17(11)25-14/h4-10H,3H2,1-2H3,(H,20,21,22). The molecule has 0 spiro atoms. The fraction of sp³-hybridized carbons (Fsp3) is 0.158. The third-order valence-electron chi connectivity index (χ3n) is 3.85. The minimum Gasteiger partial charge on any atom is -0.493 e. The normalized spacial score (nSPS) is 11.0. The van der Waals surface area contributed by atoms with Gasteiger partial charge in [-0.1, -0.05) is 29.5 Å². The molecule has 0 fully saturated rings. The number of fused-ring (bicyclic) bond motifs is 2. The van der Waals surface area contributed by atoms with E-state index < -0.39 is 0 Å². The average Bonchev–Trinajstić information content (AvgIpc) is 3.25. The molecule has 0 aliphatic carbocycles. The second-order valence-electron chi connectivity index (χ2n) is 5.50. The van der Waals surface area contributed by atoms with Crippen molar-refractivity contribution < 1.29 is 18.7 Å². The summed E-state index contributed by atoms with van der Waals surface area (Å²) >= 11 is 1.39. The molecule has 0 saturated carbocycles. The van der Waals surface area contributed by atoms with Crippen LogP contribution in [0.5, 0.6) is 11.5 Å². The molecular formula is C19H16N2O4S. The van der Waals surface area contributed by atoms with Crippen LogP contribution >= 0.6 is 11.3 Å². The number of carbonyl (C=O) groups excluding carboxylic acids is 1. The van der Waals surface area contributed by atoms with E-state index >= 15 is 0 Å². The fourth-order valence-corrected chi connectivity index (χ4v) is 3.59. The fourth-order valence-electron chi connectivity index (χ4n) is 2.72. The predicted molar refractivity (Wildman–Crippen MR) is 102 cm³/mol. The van der Waals surface area contributed by atoms with E-state index in [-0.39, 0.29) is 11.7 Å². The lowest BCUT2D eigenvalue weighted by Gasteiger charge is -2.02. The lowest BCUT2D eigenvalue weighted by molar-refractivity contribution is 0.0998. The van der Waals surface area contributed by atoms with Gasteiger partial charge in [0.2, 0.25) is 0 Å². The zero-order valence-electron chi connectivity index (χ0n) is 14.2. The Morgan fingerprint density at radius 3 is 2.85 bits per heavy atom. The number of hydrogen-bond donors (Lipinski definition) is 1. The third kappa shape index (κ3) is 2.86. The van der Waals surface area contributed by atoms with Crippen molar-refractivity contribution in [2.24, 2.45) is 0 Å². The summed E-state index contributed by atoms with van der Waals surface area (Å²) in [4.78, 5) is 17.0. The Kier molecular flexibility index (Phi) is 4.22. The zero-order chi connectivity index (χ0) is 18.1. The van der Waals surface area contributed by atoms with Crippen LogP contribution in [0.1, 0.15) is 17.5 Å². The Labute approximate surface area is 153 Å². The quantitative estimate of drug-likeness (QED) is 0.553. The summed E-state index contributed by atoms with van der Waals surface area (Å²) in [6.07, 6.45) is 0. The summed E-state index contributed by atoms with van der Waals surface area (Å²) in [5, 5.41) is 4.09. The van der Waals surface area contributed by atoms with Crippen molar-refractivity contribution in [2.45, 2.75) is 6.92 Å². The van der Waals surface area contributed by atoms with Crippen LogP contribution in [0.25, 0.3) is 21.2 Å². The van der Waals surface area contributed by atoms with Crippen LogP contribution in [0.15, 0.2) is 46.9 Å². The average molecular weight is 368 g/mol. The van der Waals surface area contributed by atoms with Gasteiger partial charge in [0.1, 0.15) is 11.3 Å². The number of aromatic nitrogens is 1. The van der Waals surface area contributed by atoms with E-state index in [0.29, 0.717) is 28.8 Å². The number of nitrogens with one attached hydrogen (secondary N) is 1. The molecule has 2 heterocycles. The second-order valence-corrected chi connectivity index (χ2v) is 6.53.